The molecule has 0 atom stereocenters. The zero-order valence-corrected chi connectivity index (χ0v) is 7.35. The molecule has 0 spiro atoms. The maximum absolute atomic E-state index is 11.2. The Morgan fingerprint density at radius 1 is 1.50 bits per heavy atom. The number of nitrogen functional groups attached to an aromatic ring is 1. The van der Waals surface area contributed by atoms with E-state index in [9.17, 15) is 9.59 Å². The van der Waals surface area contributed by atoms with E-state index in [4.69, 9.17) is 10.8 Å². The molecule has 3 N–H and O–H groups in total. The number of nitrogens with two attached hydrogens (primary N) is 1. The quantitative estimate of drug-likeness (QED) is 0.652. The SMILES string of the molecule is COC(=O)c1c(N)cncc1C(=O)O. The Morgan fingerprint density at radius 2 is 2.14 bits per heavy atom. The van der Waals surface area contributed by atoms with Crippen molar-refractivity contribution in [2.45, 2.75) is 0 Å². The lowest BCUT2D eigenvalue weighted by atomic mass is 10.1. The second-order valence-corrected chi connectivity index (χ2v) is 2.45. The first-order valence-corrected chi connectivity index (χ1v) is 3.63. The Labute approximate surface area is 79.3 Å². The summed E-state index contributed by atoms with van der Waals surface area (Å²) in [4.78, 5) is 25.4. The zero-order valence-electron chi connectivity index (χ0n) is 7.35. The van der Waals surface area contributed by atoms with E-state index in [0.717, 1.165) is 13.3 Å². The molecule has 0 bridgehead atoms. The molecule has 0 saturated carbocycles. The fourth-order valence-corrected chi connectivity index (χ4v) is 0.969. The van der Waals surface area contributed by atoms with Crippen LogP contribution in [0.2, 0.25) is 0 Å². The summed E-state index contributed by atoms with van der Waals surface area (Å²) in [6, 6.07) is 0. The Balaban J connectivity index is 3.36. The van der Waals surface area contributed by atoms with Crippen LogP contribution in [0.1, 0.15) is 20.7 Å². The van der Waals surface area contributed by atoms with Gasteiger partial charge in [0.25, 0.3) is 0 Å². The highest BCUT2D eigenvalue weighted by molar-refractivity contribution is 6.05. The van der Waals surface area contributed by atoms with E-state index in [2.05, 4.69) is 9.72 Å². The predicted octanol–water partition coefficient (Wildman–Crippen LogP) is 0.149. The van der Waals surface area contributed by atoms with Gasteiger partial charge in [0.15, 0.2) is 0 Å². The minimum absolute atomic E-state index is 0.0169. The zero-order chi connectivity index (χ0) is 10.7. The minimum atomic E-state index is -1.27. The average molecular weight is 196 g/mol. The summed E-state index contributed by atoms with van der Waals surface area (Å²) in [6.07, 6.45) is 2.24. The van der Waals surface area contributed by atoms with E-state index >= 15 is 0 Å². The van der Waals surface area contributed by atoms with Crippen molar-refractivity contribution in [1.82, 2.24) is 4.98 Å². The van der Waals surface area contributed by atoms with Crippen LogP contribution >= 0.6 is 0 Å². The highest BCUT2D eigenvalue weighted by Crippen LogP contribution is 2.16. The van der Waals surface area contributed by atoms with Gasteiger partial charge in [-0.1, -0.05) is 0 Å². The number of hydrogen-bond donors (Lipinski definition) is 2. The number of esters is 1. The number of aromatic carboxylic acids is 1. The van der Waals surface area contributed by atoms with E-state index in [0.29, 0.717) is 0 Å². The van der Waals surface area contributed by atoms with Crippen molar-refractivity contribution in [2.24, 2.45) is 0 Å². The minimum Gasteiger partial charge on any atom is -0.478 e. The Hall–Kier alpha value is -2.11. The summed E-state index contributed by atoms with van der Waals surface area (Å²) in [6.45, 7) is 0. The molecule has 1 aromatic heterocycles. The summed E-state index contributed by atoms with van der Waals surface area (Å²) >= 11 is 0. The molecule has 1 aromatic rings. The molecule has 74 valence electrons. The fraction of sp³-hybridized carbons (Fsp3) is 0.125. The lowest BCUT2D eigenvalue weighted by molar-refractivity contribution is 0.0583. The maximum atomic E-state index is 11.2. The van der Waals surface area contributed by atoms with Gasteiger partial charge in [0.2, 0.25) is 0 Å². The molecule has 0 radical (unpaired) electrons. The highest BCUT2D eigenvalue weighted by Gasteiger charge is 2.20. The predicted molar refractivity (Wildman–Crippen MR) is 46.9 cm³/mol. The smallest absolute Gasteiger partial charge is 0.340 e. The number of anilines is 1. The number of carbonyl (C=O) groups excluding carboxylic acids is 1. The van der Waals surface area contributed by atoms with Gasteiger partial charge in [0.05, 0.1) is 24.6 Å². The molecule has 0 aliphatic carbocycles. The van der Waals surface area contributed by atoms with Crippen molar-refractivity contribution < 1.29 is 19.4 Å². The maximum Gasteiger partial charge on any atom is 0.340 e. The van der Waals surface area contributed by atoms with Gasteiger partial charge in [-0.15, -0.1) is 0 Å². The average Bonchev–Trinajstić information content (AvgIpc) is 2.16. The number of carboxylic acids is 1. The van der Waals surface area contributed by atoms with Crippen LogP contribution in [0.4, 0.5) is 5.69 Å². The third-order valence-electron chi connectivity index (χ3n) is 1.60. The van der Waals surface area contributed by atoms with Crippen LogP contribution in [0.5, 0.6) is 0 Å². The number of rotatable bonds is 2. The Bertz CT molecular complexity index is 389. The van der Waals surface area contributed by atoms with Gasteiger partial charge in [-0.25, -0.2) is 9.59 Å². The van der Waals surface area contributed by atoms with Crippen molar-refractivity contribution in [1.29, 1.82) is 0 Å². The van der Waals surface area contributed by atoms with Crippen molar-refractivity contribution in [3.63, 3.8) is 0 Å². The summed E-state index contributed by atoms with van der Waals surface area (Å²) < 4.78 is 4.40. The summed E-state index contributed by atoms with van der Waals surface area (Å²) in [7, 11) is 1.15. The number of methoxy groups -OCH3 is 1. The van der Waals surface area contributed by atoms with Gasteiger partial charge in [0, 0.05) is 6.20 Å². The van der Waals surface area contributed by atoms with Crippen LogP contribution in [0, 0.1) is 0 Å². The number of ether oxygens (including phenoxy) is 1. The lowest BCUT2D eigenvalue weighted by Gasteiger charge is -2.05. The number of aromatic nitrogens is 1. The van der Waals surface area contributed by atoms with E-state index in [1.54, 1.807) is 0 Å². The van der Waals surface area contributed by atoms with Crippen LogP contribution < -0.4 is 5.73 Å². The standard InChI is InChI=1S/C8H8N2O4/c1-14-8(13)6-4(7(11)12)2-10-3-5(6)9/h2-3H,9H2,1H3,(H,11,12). The molecule has 1 rings (SSSR count). The van der Waals surface area contributed by atoms with Gasteiger partial charge in [-0.2, -0.15) is 0 Å². The number of hydrogen-bond acceptors (Lipinski definition) is 5. The summed E-state index contributed by atoms with van der Waals surface area (Å²) in [5, 5.41) is 8.73. The Morgan fingerprint density at radius 3 is 2.64 bits per heavy atom. The van der Waals surface area contributed by atoms with Gasteiger partial charge in [-0.05, 0) is 0 Å². The van der Waals surface area contributed by atoms with Crippen molar-refractivity contribution in [3.05, 3.63) is 23.5 Å². The third-order valence-corrected chi connectivity index (χ3v) is 1.60. The molecule has 0 aromatic carbocycles. The first-order valence-electron chi connectivity index (χ1n) is 3.63. The summed E-state index contributed by atoms with van der Waals surface area (Å²) in [5.74, 6) is -2.06. The molecule has 6 heteroatoms. The normalized spacial score (nSPS) is 9.50. The van der Waals surface area contributed by atoms with Crippen molar-refractivity contribution in [3.8, 4) is 0 Å². The molecular weight excluding hydrogens is 188 g/mol. The largest absolute Gasteiger partial charge is 0.478 e. The van der Waals surface area contributed by atoms with Crippen molar-refractivity contribution >= 4 is 17.6 Å². The molecule has 0 unspecified atom stereocenters. The van der Waals surface area contributed by atoms with Gasteiger partial charge < -0.3 is 15.6 Å². The fourth-order valence-electron chi connectivity index (χ4n) is 0.969. The highest BCUT2D eigenvalue weighted by atomic mass is 16.5. The number of pyridine rings is 1. The topological polar surface area (TPSA) is 103 Å². The van der Waals surface area contributed by atoms with Crippen molar-refractivity contribution in [2.75, 3.05) is 12.8 Å². The van der Waals surface area contributed by atoms with Crippen LogP contribution in [-0.2, 0) is 4.74 Å². The summed E-state index contributed by atoms with van der Waals surface area (Å²) in [5.41, 5.74) is 4.95. The molecule has 14 heavy (non-hydrogen) atoms. The second-order valence-electron chi connectivity index (χ2n) is 2.45. The first kappa shape index (κ1) is 9.97. The Kier molecular flexibility index (Phi) is 2.66. The third kappa shape index (κ3) is 1.63. The number of nitrogens with zero attached hydrogens (tertiary/aromatic N) is 1. The first-order chi connectivity index (χ1) is 6.57. The van der Waals surface area contributed by atoms with Crippen LogP contribution in [0.15, 0.2) is 12.4 Å². The van der Waals surface area contributed by atoms with E-state index < -0.39 is 11.9 Å². The molecule has 1 heterocycles. The molecule has 0 aliphatic heterocycles. The molecule has 6 nitrogen and oxygen atoms in total. The van der Waals surface area contributed by atoms with Gasteiger partial charge >= 0.3 is 11.9 Å². The van der Waals surface area contributed by atoms with Gasteiger partial charge in [0.1, 0.15) is 5.56 Å². The van der Waals surface area contributed by atoms with Crippen LogP contribution in [-0.4, -0.2) is 29.1 Å². The van der Waals surface area contributed by atoms with E-state index in [1.807, 2.05) is 0 Å². The molecule has 0 saturated heterocycles. The second kappa shape index (κ2) is 3.73. The number of carbonyl (C=O) groups is 2. The van der Waals surface area contributed by atoms with Crippen LogP contribution in [0.3, 0.4) is 0 Å². The number of carboxylic acid groups (broad SMARTS) is 1. The molecular formula is C8H8N2O4. The lowest BCUT2D eigenvalue weighted by Crippen LogP contribution is -2.13. The van der Waals surface area contributed by atoms with Gasteiger partial charge in [-0.3, -0.25) is 4.98 Å². The molecule has 0 aliphatic rings. The van der Waals surface area contributed by atoms with E-state index in [1.165, 1.54) is 6.20 Å². The van der Waals surface area contributed by atoms with Crippen LogP contribution in [0.25, 0.3) is 0 Å². The molecule has 0 amide bonds. The molecule has 0 fully saturated rings. The monoisotopic (exact) mass is 196 g/mol. The van der Waals surface area contributed by atoms with E-state index in [-0.39, 0.29) is 16.8 Å².